The number of amides is 1. The molecule has 0 aromatic carbocycles. The first-order valence-electron chi connectivity index (χ1n) is 4.98. The number of hydrogen-bond donors (Lipinski definition) is 0. The summed E-state index contributed by atoms with van der Waals surface area (Å²) in [7, 11) is 0. The quantitative estimate of drug-likeness (QED) is 0.702. The van der Waals surface area contributed by atoms with Gasteiger partial charge in [-0.15, -0.1) is 0 Å². The fourth-order valence-corrected chi connectivity index (χ4v) is 1.47. The maximum Gasteiger partial charge on any atom is 0.337 e. The first-order valence-corrected chi connectivity index (χ1v) is 4.98. The fraction of sp³-hybridized carbons (Fsp3) is 0.273. The molecule has 0 fully saturated rings. The van der Waals surface area contributed by atoms with E-state index in [0.29, 0.717) is 0 Å². The van der Waals surface area contributed by atoms with Crippen LogP contribution in [0.4, 0.5) is 4.79 Å². The minimum absolute atomic E-state index is 0.102. The van der Waals surface area contributed by atoms with Crippen LogP contribution >= 0.6 is 0 Å². The van der Waals surface area contributed by atoms with E-state index in [1.54, 1.807) is 23.5 Å². The highest BCUT2D eigenvalue weighted by atomic mass is 16.2. The van der Waals surface area contributed by atoms with Crippen molar-refractivity contribution in [3.8, 4) is 0 Å². The van der Waals surface area contributed by atoms with Crippen molar-refractivity contribution < 1.29 is 4.79 Å². The predicted octanol–water partition coefficient (Wildman–Crippen LogP) is 2.36. The predicted molar refractivity (Wildman–Crippen MR) is 57.0 cm³/mol. The fourth-order valence-electron chi connectivity index (χ4n) is 1.47. The number of aromatic nitrogens is 2. The van der Waals surface area contributed by atoms with E-state index in [1.807, 2.05) is 12.3 Å². The van der Waals surface area contributed by atoms with Crippen molar-refractivity contribution in [2.75, 3.05) is 0 Å². The Morgan fingerprint density at radius 2 is 2.47 bits per heavy atom. The van der Waals surface area contributed by atoms with Crippen molar-refractivity contribution in [3.63, 3.8) is 0 Å². The van der Waals surface area contributed by atoms with Crippen LogP contribution in [-0.2, 0) is 0 Å². The van der Waals surface area contributed by atoms with Crippen LogP contribution in [0.2, 0.25) is 0 Å². The van der Waals surface area contributed by atoms with Crippen molar-refractivity contribution >= 4 is 6.03 Å². The van der Waals surface area contributed by atoms with Crippen LogP contribution in [-0.4, -0.2) is 20.5 Å². The molecule has 78 valence electrons. The van der Waals surface area contributed by atoms with E-state index >= 15 is 0 Å². The Labute approximate surface area is 88.5 Å². The van der Waals surface area contributed by atoms with E-state index < -0.39 is 0 Å². The molecule has 1 aliphatic heterocycles. The zero-order valence-electron chi connectivity index (χ0n) is 8.63. The molecule has 1 aromatic heterocycles. The molecule has 0 atom stereocenters. The molecule has 2 rings (SSSR count). The maximum absolute atomic E-state index is 11.9. The SMILES string of the molecule is CCC1=CN(C(=O)n2ccnc2)C=CC1. The first kappa shape index (κ1) is 9.71. The molecule has 1 aromatic rings. The Balaban J connectivity index is 2.18. The normalized spacial score (nSPS) is 15.3. The van der Waals surface area contributed by atoms with Gasteiger partial charge in [0.05, 0.1) is 0 Å². The average molecular weight is 203 g/mol. The lowest BCUT2D eigenvalue weighted by molar-refractivity contribution is 0.227. The van der Waals surface area contributed by atoms with E-state index in [1.165, 1.54) is 16.5 Å². The number of carbonyl (C=O) groups excluding carboxylic acids is 1. The Hall–Kier alpha value is -1.84. The van der Waals surface area contributed by atoms with E-state index in [4.69, 9.17) is 0 Å². The topological polar surface area (TPSA) is 38.1 Å². The minimum atomic E-state index is -0.102. The van der Waals surface area contributed by atoms with Gasteiger partial charge in [0.1, 0.15) is 6.33 Å². The third-order valence-corrected chi connectivity index (χ3v) is 2.37. The smallest absolute Gasteiger partial charge is 0.276 e. The molecule has 0 aliphatic carbocycles. The summed E-state index contributed by atoms with van der Waals surface area (Å²) >= 11 is 0. The van der Waals surface area contributed by atoms with Gasteiger partial charge in [0, 0.05) is 24.8 Å². The molecule has 15 heavy (non-hydrogen) atoms. The van der Waals surface area contributed by atoms with Crippen molar-refractivity contribution in [1.29, 1.82) is 0 Å². The van der Waals surface area contributed by atoms with Crippen LogP contribution in [0.1, 0.15) is 19.8 Å². The number of nitrogens with zero attached hydrogens (tertiary/aromatic N) is 3. The molecule has 0 radical (unpaired) electrons. The van der Waals surface area contributed by atoms with Crippen LogP contribution in [0, 0.1) is 0 Å². The summed E-state index contributed by atoms with van der Waals surface area (Å²) in [6, 6.07) is -0.102. The van der Waals surface area contributed by atoms with E-state index in [9.17, 15) is 4.79 Å². The third-order valence-electron chi connectivity index (χ3n) is 2.37. The van der Waals surface area contributed by atoms with Crippen LogP contribution in [0.3, 0.4) is 0 Å². The van der Waals surface area contributed by atoms with Gasteiger partial charge in [-0.2, -0.15) is 0 Å². The number of carbonyl (C=O) groups is 1. The number of allylic oxidation sites excluding steroid dienone is 2. The number of rotatable bonds is 1. The van der Waals surface area contributed by atoms with Crippen LogP contribution in [0.15, 0.2) is 42.8 Å². The molecule has 0 N–H and O–H groups in total. The van der Waals surface area contributed by atoms with Crippen LogP contribution < -0.4 is 0 Å². The third kappa shape index (κ3) is 1.98. The van der Waals surface area contributed by atoms with E-state index in [2.05, 4.69) is 11.9 Å². The number of imidazole rings is 1. The summed E-state index contributed by atoms with van der Waals surface area (Å²) in [5.41, 5.74) is 1.26. The van der Waals surface area contributed by atoms with Gasteiger partial charge < -0.3 is 0 Å². The van der Waals surface area contributed by atoms with E-state index in [-0.39, 0.29) is 6.03 Å². The molecular formula is C11H13N3O. The Bertz CT molecular complexity index is 403. The lowest BCUT2D eigenvalue weighted by Gasteiger charge is -2.19. The Morgan fingerprint density at radius 3 is 3.13 bits per heavy atom. The highest BCUT2D eigenvalue weighted by Gasteiger charge is 2.13. The summed E-state index contributed by atoms with van der Waals surface area (Å²) in [6.07, 6.45) is 12.3. The Morgan fingerprint density at radius 1 is 1.60 bits per heavy atom. The highest BCUT2D eigenvalue weighted by Crippen LogP contribution is 2.15. The summed E-state index contributed by atoms with van der Waals surface area (Å²) in [6.45, 7) is 2.09. The molecule has 0 saturated heterocycles. The molecule has 2 heterocycles. The maximum atomic E-state index is 11.9. The molecule has 0 spiro atoms. The van der Waals surface area contributed by atoms with E-state index in [0.717, 1.165) is 12.8 Å². The van der Waals surface area contributed by atoms with Gasteiger partial charge in [0.2, 0.25) is 0 Å². The minimum Gasteiger partial charge on any atom is -0.276 e. The van der Waals surface area contributed by atoms with Crippen molar-refractivity contribution in [3.05, 3.63) is 42.8 Å². The second-order valence-electron chi connectivity index (χ2n) is 3.39. The summed E-state index contributed by atoms with van der Waals surface area (Å²) in [4.78, 5) is 17.3. The molecule has 0 bridgehead atoms. The molecule has 0 unspecified atom stereocenters. The lowest BCUT2D eigenvalue weighted by atomic mass is 10.1. The van der Waals surface area contributed by atoms with Crippen molar-refractivity contribution in [2.45, 2.75) is 19.8 Å². The number of hydrogen-bond acceptors (Lipinski definition) is 2. The van der Waals surface area contributed by atoms with Gasteiger partial charge in [0.25, 0.3) is 0 Å². The second-order valence-corrected chi connectivity index (χ2v) is 3.39. The summed E-state index contributed by atoms with van der Waals surface area (Å²) in [5, 5.41) is 0. The van der Waals surface area contributed by atoms with Crippen molar-refractivity contribution in [1.82, 2.24) is 14.5 Å². The average Bonchev–Trinajstić information content (AvgIpc) is 2.81. The molecule has 0 saturated carbocycles. The first-order chi connectivity index (χ1) is 7.31. The molecular weight excluding hydrogens is 190 g/mol. The lowest BCUT2D eigenvalue weighted by Crippen LogP contribution is -2.26. The molecule has 1 aliphatic rings. The van der Waals surface area contributed by atoms with Crippen LogP contribution in [0.25, 0.3) is 0 Å². The molecule has 1 amide bonds. The largest absolute Gasteiger partial charge is 0.337 e. The molecule has 4 nitrogen and oxygen atoms in total. The summed E-state index contributed by atoms with van der Waals surface area (Å²) in [5.74, 6) is 0. The highest BCUT2D eigenvalue weighted by molar-refractivity contribution is 5.79. The summed E-state index contributed by atoms with van der Waals surface area (Å²) < 4.78 is 1.46. The van der Waals surface area contributed by atoms with Gasteiger partial charge in [-0.05, 0) is 18.4 Å². The zero-order chi connectivity index (χ0) is 10.7. The van der Waals surface area contributed by atoms with Gasteiger partial charge in [-0.3, -0.25) is 9.47 Å². The monoisotopic (exact) mass is 203 g/mol. The van der Waals surface area contributed by atoms with Crippen LogP contribution in [0.5, 0.6) is 0 Å². The van der Waals surface area contributed by atoms with Gasteiger partial charge in [-0.25, -0.2) is 9.78 Å². The van der Waals surface area contributed by atoms with Gasteiger partial charge in [0.15, 0.2) is 0 Å². The Kier molecular flexibility index (Phi) is 2.67. The standard InChI is InChI=1S/C11H13N3O/c1-2-10-4-3-6-13(8-10)11(15)14-7-5-12-9-14/h3,5-9H,2,4H2,1H3. The van der Waals surface area contributed by atoms with Gasteiger partial charge >= 0.3 is 6.03 Å². The second kappa shape index (κ2) is 4.13. The van der Waals surface area contributed by atoms with Crippen molar-refractivity contribution in [2.24, 2.45) is 0 Å². The zero-order valence-corrected chi connectivity index (χ0v) is 8.63. The molecule has 4 heteroatoms. The van der Waals surface area contributed by atoms with Gasteiger partial charge in [-0.1, -0.05) is 13.0 Å².